The molecule has 1 aromatic carbocycles. The average Bonchev–Trinajstić information content (AvgIpc) is 3.20. The van der Waals surface area contributed by atoms with Gasteiger partial charge in [0.25, 0.3) is 0 Å². The highest BCUT2D eigenvalue weighted by Gasteiger charge is 2.23. The summed E-state index contributed by atoms with van der Waals surface area (Å²) in [7, 11) is 1.67. The summed E-state index contributed by atoms with van der Waals surface area (Å²) in [4.78, 5) is 9.40. The van der Waals surface area contributed by atoms with Crippen molar-refractivity contribution < 1.29 is 9.47 Å². The second-order valence-electron chi connectivity index (χ2n) is 8.62. The van der Waals surface area contributed by atoms with E-state index < -0.39 is 0 Å². The molecule has 0 amide bonds. The number of fused-ring (bicyclic) bond motifs is 1. The zero-order valence-corrected chi connectivity index (χ0v) is 18.7. The van der Waals surface area contributed by atoms with Crippen molar-refractivity contribution in [1.82, 2.24) is 19.6 Å². The molecule has 1 aliphatic rings. The Bertz CT molecular complexity index is 1030. The van der Waals surface area contributed by atoms with E-state index in [1.807, 2.05) is 24.4 Å². The van der Waals surface area contributed by atoms with E-state index in [-0.39, 0.29) is 24.1 Å². The van der Waals surface area contributed by atoms with Gasteiger partial charge < -0.3 is 20.5 Å². The Hall–Kier alpha value is -2.87. The lowest BCUT2D eigenvalue weighted by atomic mass is 9.94. The number of aromatic nitrogens is 4. The monoisotopic (exact) mass is 424 g/mol. The van der Waals surface area contributed by atoms with Gasteiger partial charge in [-0.05, 0) is 56.2 Å². The molecule has 0 spiro atoms. The summed E-state index contributed by atoms with van der Waals surface area (Å²) >= 11 is 0. The van der Waals surface area contributed by atoms with E-state index >= 15 is 0 Å². The molecule has 1 atom stereocenters. The smallest absolute Gasteiger partial charge is 0.322 e. The average molecular weight is 425 g/mol. The summed E-state index contributed by atoms with van der Waals surface area (Å²) in [5.41, 5.74) is 8.97. The topological polar surface area (TPSA) is 99.6 Å². The molecule has 0 radical (unpaired) electrons. The fraction of sp³-hybridized carbons (Fsp3) is 0.522. The van der Waals surface area contributed by atoms with Gasteiger partial charge in [0.05, 0.1) is 19.3 Å². The Kier molecular flexibility index (Phi) is 6.27. The first-order chi connectivity index (χ1) is 14.9. The first-order valence-electron chi connectivity index (χ1n) is 11.0. The molecular formula is C23H32N6O2. The van der Waals surface area contributed by atoms with Gasteiger partial charge in [0.15, 0.2) is 5.65 Å². The number of anilines is 1. The van der Waals surface area contributed by atoms with Crippen molar-refractivity contribution in [3.05, 3.63) is 41.6 Å². The molecule has 8 heteroatoms. The molecule has 3 aromatic rings. The van der Waals surface area contributed by atoms with Crippen molar-refractivity contribution in [3.8, 4) is 11.8 Å². The lowest BCUT2D eigenvalue weighted by molar-refractivity contribution is 0.135. The summed E-state index contributed by atoms with van der Waals surface area (Å²) in [6.07, 6.45) is 5.74. The van der Waals surface area contributed by atoms with Crippen LogP contribution in [0.3, 0.4) is 0 Å². The molecule has 0 unspecified atom stereocenters. The number of methoxy groups -OCH3 is 1. The molecule has 166 valence electrons. The Morgan fingerprint density at radius 3 is 2.61 bits per heavy atom. The molecule has 31 heavy (non-hydrogen) atoms. The van der Waals surface area contributed by atoms with Gasteiger partial charge in [0, 0.05) is 11.6 Å². The van der Waals surface area contributed by atoms with Crippen LogP contribution in [0.4, 0.5) is 5.95 Å². The molecule has 1 saturated carbocycles. The zero-order chi connectivity index (χ0) is 22.0. The van der Waals surface area contributed by atoms with Gasteiger partial charge in [-0.1, -0.05) is 26.0 Å². The van der Waals surface area contributed by atoms with Gasteiger partial charge in [-0.25, -0.2) is 0 Å². The maximum absolute atomic E-state index is 6.20. The van der Waals surface area contributed by atoms with Crippen LogP contribution in [0.5, 0.6) is 11.8 Å². The Morgan fingerprint density at radius 1 is 1.13 bits per heavy atom. The van der Waals surface area contributed by atoms with E-state index in [4.69, 9.17) is 20.2 Å². The van der Waals surface area contributed by atoms with Crippen molar-refractivity contribution in [1.29, 1.82) is 0 Å². The summed E-state index contributed by atoms with van der Waals surface area (Å²) in [5.74, 6) is 1.71. The molecule has 2 aromatic heterocycles. The van der Waals surface area contributed by atoms with Gasteiger partial charge >= 0.3 is 6.01 Å². The summed E-state index contributed by atoms with van der Waals surface area (Å²) < 4.78 is 13.3. The molecular weight excluding hydrogens is 392 g/mol. The molecule has 3 N–H and O–H groups in total. The fourth-order valence-electron chi connectivity index (χ4n) is 3.97. The third kappa shape index (κ3) is 4.74. The van der Waals surface area contributed by atoms with Crippen molar-refractivity contribution >= 4 is 11.6 Å². The second-order valence-corrected chi connectivity index (χ2v) is 8.62. The maximum atomic E-state index is 6.20. The quantitative estimate of drug-likeness (QED) is 0.589. The predicted octanol–water partition coefficient (Wildman–Crippen LogP) is 4.08. The van der Waals surface area contributed by atoms with E-state index in [9.17, 15) is 0 Å². The molecule has 0 aliphatic heterocycles. The Morgan fingerprint density at radius 2 is 1.90 bits per heavy atom. The first-order valence-corrected chi connectivity index (χ1v) is 11.0. The number of hydrogen-bond donors (Lipinski definition) is 2. The lowest BCUT2D eigenvalue weighted by Crippen LogP contribution is -2.32. The highest BCUT2D eigenvalue weighted by atomic mass is 16.5. The SMILES string of the molecule is COc1cccc([C@H](C)Nc2nc(OC3CCC(N)CC3)nc3c(C(C)C)cnn23)c1. The highest BCUT2D eigenvalue weighted by molar-refractivity contribution is 5.53. The minimum absolute atomic E-state index is 0.0135. The molecule has 1 aliphatic carbocycles. The van der Waals surface area contributed by atoms with Crippen LogP contribution < -0.4 is 20.5 Å². The number of ether oxygens (including phenoxy) is 2. The number of hydrogen-bond acceptors (Lipinski definition) is 7. The minimum Gasteiger partial charge on any atom is -0.497 e. The molecule has 0 bridgehead atoms. The van der Waals surface area contributed by atoms with Gasteiger partial charge in [-0.2, -0.15) is 19.6 Å². The summed E-state index contributed by atoms with van der Waals surface area (Å²) in [6, 6.07) is 8.63. The van der Waals surface area contributed by atoms with Gasteiger partial charge in [0.1, 0.15) is 11.9 Å². The summed E-state index contributed by atoms with van der Waals surface area (Å²) in [6.45, 7) is 6.35. The third-order valence-corrected chi connectivity index (χ3v) is 5.93. The maximum Gasteiger partial charge on any atom is 0.322 e. The zero-order valence-electron chi connectivity index (χ0n) is 18.7. The number of nitrogens with two attached hydrogens (primary N) is 1. The molecule has 2 heterocycles. The van der Waals surface area contributed by atoms with Crippen molar-refractivity contribution in [2.75, 3.05) is 12.4 Å². The van der Waals surface area contributed by atoms with Gasteiger partial charge in [-0.15, -0.1) is 0 Å². The normalized spacial score (nSPS) is 20.1. The highest BCUT2D eigenvalue weighted by Crippen LogP contribution is 2.28. The fourth-order valence-corrected chi connectivity index (χ4v) is 3.97. The van der Waals surface area contributed by atoms with Crippen LogP contribution in [0.1, 0.15) is 69.5 Å². The van der Waals surface area contributed by atoms with Crippen LogP contribution in [0.2, 0.25) is 0 Å². The van der Waals surface area contributed by atoms with Crippen LogP contribution in [-0.4, -0.2) is 38.8 Å². The lowest BCUT2D eigenvalue weighted by Gasteiger charge is -2.26. The Labute approximate surface area is 183 Å². The largest absolute Gasteiger partial charge is 0.497 e. The van der Waals surface area contributed by atoms with E-state index in [2.05, 4.69) is 42.2 Å². The molecule has 4 rings (SSSR count). The Balaban J connectivity index is 1.65. The number of nitrogens with one attached hydrogen (secondary N) is 1. The van der Waals surface area contributed by atoms with Gasteiger partial charge in [0.2, 0.25) is 5.95 Å². The summed E-state index contributed by atoms with van der Waals surface area (Å²) in [5, 5.41) is 8.03. The van der Waals surface area contributed by atoms with Crippen molar-refractivity contribution in [2.24, 2.45) is 5.73 Å². The van der Waals surface area contributed by atoms with E-state index in [1.54, 1.807) is 11.6 Å². The van der Waals surface area contributed by atoms with Crippen LogP contribution >= 0.6 is 0 Å². The van der Waals surface area contributed by atoms with Crippen LogP contribution in [0.25, 0.3) is 5.65 Å². The first kappa shape index (κ1) is 21.4. The number of rotatable bonds is 7. The molecule has 1 fully saturated rings. The standard InChI is InChI=1S/C23H32N6O2/c1-14(2)20-13-25-29-21(20)27-23(31-18-10-8-17(24)9-11-18)28-22(29)26-15(3)16-6-5-7-19(12-16)30-4/h5-7,12-15,17-18H,8-11,24H2,1-4H3,(H,26,27,28)/t15-,17?,18?/m0/s1. The van der Waals surface area contributed by atoms with Crippen LogP contribution in [0.15, 0.2) is 30.5 Å². The van der Waals surface area contributed by atoms with Crippen molar-refractivity contribution in [2.45, 2.75) is 70.6 Å². The minimum atomic E-state index is -0.0135. The van der Waals surface area contributed by atoms with E-state index in [0.717, 1.165) is 48.2 Å². The second kappa shape index (κ2) is 9.09. The predicted molar refractivity (Wildman–Crippen MR) is 121 cm³/mol. The number of benzene rings is 1. The molecule has 0 saturated heterocycles. The van der Waals surface area contributed by atoms with E-state index in [1.165, 1.54) is 0 Å². The van der Waals surface area contributed by atoms with E-state index in [0.29, 0.717) is 12.0 Å². The molecule has 8 nitrogen and oxygen atoms in total. The van der Waals surface area contributed by atoms with Gasteiger partial charge in [-0.3, -0.25) is 0 Å². The van der Waals surface area contributed by atoms with Crippen LogP contribution in [-0.2, 0) is 0 Å². The third-order valence-electron chi connectivity index (χ3n) is 5.93. The number of nitrogens with zero attached hydrogens (tertiary/aromatic N) is 4. The van der Waals surface area contributed by atoms with Crippen LogP contribution in [0, 0.1) is 0 Å². The van der Waals surface area contributed by atoms with Crippen molar-refractivity contribution in [3.63, 3.8) is 0 Å².